The summed E-state index contributed by atoms with van der Waals surface area (Å²) in [4.78, 5) is 4.82. The number of hydrogen-bond donors (Lipinski definition) is 0. The summed E-state index contributed by atoms with van der Waals surface area (Å²) in [5.41, 5.74) is 5.98. The van der Waals surface area contributed by atoms with Gasteiger partial charge in [0, 0.05) is 14.5 Å². The highest BCUT2D eigenvalue weighted by Crippen LogP contribution is 2.26. The lowest BCUT2D eigenvalue weighted by molar-refractivity contribution is 1.15. The molecule has 0 aliphatic carbocycles. The van der Waals surface area contributed by atoms with Gasteiger partial charge in [-0.2, -0.15) is 0 Å². The Morgan fingerprint density at radius 2 is 1.75 bits per heavy atom. The smallest absolute Gasteiger partial charge is 0.0713 e. The fourth-order valence-corrected chi connectivity index (χ4v) is 2.92. The van der Waals surface area contributed by atoms with Gasteiger partial charge < -0.3 is 0 Å². The van der Waals surface area contributed by atoms with Gasteiger partial charge in [-0.3, -0.25) is 0 Å². The van der Waals surface area contributed by atoms with Gasteiger partial charge in [0.1, 0.15) is 0 Å². The van der Waals surface area contributed by atoms with E-state index >= 15 is 0 Å². The van der Waals surface area contributed by atoms with Crippen LogP contribution in [-0.2, 0) is 6.42 Å². The molecular weight excluding hydrogens is 357 g/mol. The third kappa shape index (κ3) is 2.57. The second-order valence-electron chi connectivity index (χ2n) is 5.05. The first kappa shape index (κ1) is 13.6. The van der Waals surface area contributed by atoms with Gasteiger partial charge in [0.2, 0.25) is 0 Å². The minimum atomic E-state index is 1.03. The number of nitrogens with zero attached hydrogens (tertiary/aromatic N) is 1. The van der Waals surface area contributed by atoms with Crippen molar-refractivity contribution < 1.29 is 0 Å². The molecule has 1 nitrogen and oxygen atoms in total. The molecule has 20 heavy (non-hydrogen) atoms. The number of benzene rings is 2. The molecule has 0 aliphatic heterocycles. The minimum Gasteiger partial charge on any atom is -0.248 e. The summed E-state index contributed by atoms with van der Waals surface area (Å²) >= 11 is 2.36. The van der Waals surface area contributed by atoms with Crippen LogP contribution in [0.1, 0.15) is 18.1 Å². The number of halogens is 1. The minimum absolute atomic E-state index is 1.03. The van der Waals surface area contributed by atoms with Crippen molar-refractivity contribution in [2.75, 3.05) is 0 Å². The van der Waals surface area contributed by atoms with Crippen LogP contribution in [0.25, 0.3) is 22.2 Å². The molecular formula is C18H16IN. The van der Waals surface area contributed by atoms with Crippen molar-refractivity contribution in [3.8, 4) is 11.3 Å². The molecule has 0 atom stereocenters. The van der Waals surface area contributed by atoms with Gasteiger partial charge in [-0.15, -0.1) is 0 Å². The largest absolute Gasteiger partial charge is 0.248 e. The molecule has 2 aromatic carbocycles. The van der Waals surface area contributed by atoms with Gasteiger partial charge in [-0.25, -0.2) is 4.98 Å². The number of hydrogen-bond acceptors (Lipinski definition) is 1. The topological polar surface area (TPSA) is 12.9 Å². The Morgan fingerprint density at radius 3 is 2.45 bits per heavy atom. The zero-order chi connectivity index (χ0) is 14.1. The van der Waals surface area contributed by atoms with E-state index in [1.807, 2.05) is 0 Å². The van der Waals surface area contributed by atoms with Gasteiger partial charge in [-0.1, -0.05) is 36.8 Å². The van der Waals surface area contributed by atoms with Crippen molar-refractivity contribution in [2.45, 2.75) is 20.3 Å². The van der Waals surface area contributed by atoms with Crippen molar-refractivity contribution in [1.82, 2.24) is 4.98 Å². The van der Waals surface area contributed by atoms with E-state index in [4.69, 9.17) is 4.98 Å². The number of aryl methyl sites for hydroxylation is 2. The molecule has 100 valence electrons. The molecule has 0 aliphatic rings. The number of aromatic nitrogens is 1. The summed E-state index contributed by atoms with van der Waals surface area (Å²) in [6.07, 6.45) is 1.03. The lowest BCUT2D eigenvalue weighted by Gasteiger charge is -2.09. The van der Waals surface area contributed by atoms with E-state index in [0.29, 0.717) is 0 Å². The standard InChI is InChI=1S/C18H16IN/c1-3-13-10-18(14-6-4-12(2)5-7-14)20-17-9-8-15(19)11-16(13)17/h4-11H,3H2,1-2H3. The Balaban J connectivity index is 2.22. The second kappa shape index (κ2) is 5.52. The fourth-order valence-electron chi connectivity index (χ4n) is 2.43. The molecule has 2 heteroatoms. The maximum absolute atomic E-state index is 4.82. The van der Waals surface area contributed by atoms with E-state index in [2.05, 4.69) is 85.0 Å². The molecule has 0 radical (unpaired) electrons. The molecule has 0 N–H and O–H groups in total. The van der Waals surface area contributed by atoms with Crippen LogP contribution in [0, 0.1) is 10.5 Å². The molecule has 0 saturated heterocycles. The van der Waals surface area contributed by atoms with Crippen LogP contribution in [0.15, 0.2) is 48.5 Å². The number of pyridine rings is 1. The highest BCUT2D eigenvalue weighted by atomic mass is 127. The van der Waals surface area contributed by atoms with Crippen molar-refractivity contribution in [3.63, 3.8) is 0 Å². The van der Waals surface area contributed by atoms with Crippen LogP contribution in [-0.4, -0.2) is 4.98 Å². The van der Waals surface area contributed by atoms with E-state index in [0.717, 1.165) is 17.6 Å². The molecule has 0 amide bonds. The maximum Gasteiger partial charge on any atom is 0.0713 e. The van der Waals surface area contributed by atoms with Crippen LogP contribution in [0.3, 0.4) is 0 Å². The third-order valence-corrected chi connectivity index (χ3v) is 4.26. The lowest BCUT2D eigenvalue weighted by atomic mass is 10.0. The summed E-state index contributed by atoms with van der Waals surface area (Å²) in [6.45, 7) is 4.31. The quantitative estimate of drug-likeness (QED) is 0.550. The zero-order valence-corrected chi connectivity index (χ0v) is 13.8. The Labute approximate surface area is 133 Å². The SMILES string of the molecule is CCc1cc(-c2ccc(C)cc2)nc2ccc(I)cc12. The summed E-state index contributed by atoms with van der Waals surface area (Å²) in [6, 6.07) is 17.3. The average molecular weight is 373 g/mol. The Kier molecular flexibility index (Phi) is 3.74. The zero-order valence-electron chi connectivity index (χ0n) is 11.7. The summed E-state index contributed by atoms with van der Waals surface area (Å²) in [7, 11) is 0. The molecule has 0 bridgehead atoms. The first-order chi connectivity index (χ1) is 9.67. The Bertz CT molecular complexity index is 760. The molecule has 0 saturated carbocycles. The van der Waals surface area contributed by atoms with Crippen LogP contribution in [0.5, 0.6) is 0 Å². The van der Waals surface area contributed by atoms with Gasteiger partial charge >= 0.3 is 0 Å². The van der Waals surface area contributed by atoms with E-state index < -0.39 is 0 Å². The number of rotatable bonds is 2. The molecule has 3 aromatic rings. The van der Waals surface area contributed by atoms with Crippen molar-refractivity contribution in [2.24, 2.45) is 0 Å². The maximum atomic E-state index is 4.82. The van der Waals surface area contributed by atoms with E-state index in [9.17, 15) is 0 Å². The van der Waals surface area contributed by atoms with Crippen LogP contribution in [0.4, 0.5) is 0 Å². The van der Waals surface area contributed by atoms with Gasteiger partial charge in [0.15, 0.2) is 0 Å². The highest BCUT2D eigenvalue weighted by molar-refractivity contribution is 14.1. The predicted molar refractivity (Wildman–Crippen MR) is 94.0 cm³/mol. The van der Waals surface area contributed by atoms with Crippen LogP contribution < -0.4 is 0 Å². The Morgan fingerprint density at radius 1 is 1.00 bits per heavy atom. The summed E-state index contributed by atoms with van der Waals surface area (Å²) in [5.74, 6) is 0. The summed E-state index contributed by atoms with van der Waals surface area (Å²) < 4.78 is 1.26. The third-order valence-electron chi connectivity index (χ3n) is 3.58. The van der Waals surface area contributed by atoms with E-state index in [-0.39, 0.29) is 0 Å². The van der Waals surface area contributed by atoms with Crippen LogP contribution in [0.2, 0.25) is 0 Å². The monoisotopic (exact) mass is 373 g/mol. The van der Waals surface area contributed by atoms with Gasteiger partial charge in [0.05, 0.1) is 11.2 Å². The number of fused-ring (bicyclic) bond motifs is 1. The summed E-state index contributed by atoms with van der Waals surface area (Å²) in [5, 5.41) is 1.27. The van der Waals surface area contributed by atoms with E-state index in [1.165, 1.54) is 25.6 Å². The first-order valence-electron chi connectivity index (χ1n) is 6.83. The molecule has 1 aromatic heterocycles. The lowest BCUT2D eigenvalue weighted by Crippen LogP contribution is -1.92. The van der Waals surface area contributed by atoms with Gasteiger partial charge in [-0.05, 0) is 65.8 Å². The second-order valence-corrected chi connectivity index (χ2v) is 6.29. The molecule has 1 heterocycles. The van der Waals surface area contributed by atoms with Crippen LogP contribution >= 0.6 is 22.6 Å². The normalized spacial score (nSPS) is 10.9. The fraction of sp³-hybridized carbons (Fsp3) is 0.167. The molecule has 0 unspecified atom stereocenters. The highest BCUT2D eigenvalue weighted by Gasteiger charge is 2.07. The molecule has 0 spiro atoms. The molecule has 0 fully saturated rings. The predicted octanol–water partition coefficient (Wildman–Crippen LogP) is 5.38. The Hall–Kier alpha value is -1.42. The first-order valence-corrected chi connectivity index (χ1v) is 7.91. The van der Waals surface area contributed by atoms with Crippen molar-refractivity contribution in [1.29, 1.82) is 0 Å². The van der Waals surface area contributed by atoms with E-state index in [1.54, 1.807) is 0 Å². The molecule has 3 rings (SSSR count). The van der Waals surface area contributed by atoms with Crippen molar-refractivity contribution in [3.05, 3.63) is 63.2 Å². The van der Waals surface area contributed by atoms with Crippen molar-refractivity contribution >= 4 is 33.5 Å². The van der Waals surface area contributed by atoms with Gasteiger partial charge in [0.25, 0.3) is 0 Å². The average Bonchev–Trinajstić information content (AvgIpc) is 2.47.